The van der Waals surface area contributed by atoms with Gasteiger partial charge in [0.25, 0.3) is 5.56 Å². The van der Waals surface area contributed by atoms with E-state index in [0.717, 1.165) is 12.8 Å². The van der Waals surface area contributed by atoms with Crippen LogP contribution >= 0.6 is 12.2 Å². The summed E-state index contributed by atoms with van der Waals surface area (Å²) in [5, 5.41) is 0. The molecule has 0 atom stereocenters. The van der Waals surface area contributed by atoms with Gasteiger partial charge in [0.05, 0.1) is 12.8 Å². The van der Waals surface area contributed by atoms with Gasteiger partial charge in [-0.1, -0.05) is 13.3 Å². The summed E-state index contributed by atoms with van der Waals surface area (Å²) in [4.78, 5) is 16.3. The van der Waals surface area contributed by atoms with Crippen LogP contribution in [-0.2, 0) is 0 Å². The molecule has 72 valence electrons. The highest BCUT2D eigenvalue weighted by Crippen LogP contribution is 1.99. The molecule has 5 heteroatoms. The van der Waals surface area contributed by atoms with Crippen molar-refractivity contribution in [2.24, 2.45) is 0 Å². The summed E-state index contributed by atoms with van der Waals surface area (Å²) >= 11 is 4.73. The van der Waals surface area contributed by atoms with Crippen LogP contribution in [0, 0.1) is 4.77 Å². The van der Waals surface area contributed by atoms with Gasteiger partial charge in [-0.2, -0.15) is 0 Å². The summed E-state index contributed by atoms with van der Waals surface area (Å²) in [6.07, 6.45) is 3.46. The Morgan fingerprint density at radius 3 is 3.00 bits per heavy atom. The summed E-state index contributed by atoms with van der Waals surface area (Å²) in [5.41, 5.74) is -0.278. The van der Waals surface area contributed by atoms with Gasteiger partial charge < -0.3 is 9.72 Å². The zero-order valence-electron chi connectivity index (χ0n) is 7.42. The number of hydrogen-bond donors (Lipinski definition) is 2. The van der Waals surface area contributed by atoms with Crippen molar-refractivity contribution in [2.75, 3.05) is 6.61 Å². The normalized spacial score (nSPS) is 9.92. The predicted molar refractivity (Wildman–Crippen MR) is 52.7 cm³/mol. The monoisotopic (exact) mass is 200 g/mol. The zero-order chi connectivity index (χ0) is 9.68. The lowest BCUT2D eigenvalue weighted by Crippen LogP contribution is -2.12. The fourth-order valence-electron chi connectivity index (χ4n) is 0.831. The highest BCUT2D eigenvalue weighted by atomic mass is 32.1. The summed E-state index contributed by atoms with van der Waals surface area (Å²) in [6, 6.07) is 0. The lowest BCUT2D eigenvalue weighted by atomic mass is 10.4. The molecule has 0 aromatic carbocycles. The van der Waals surface area contributed by atoms with Crippen molar-refractivity contribution < 1.29 is 4.74 Å². The first-order valence-electron chi connectivity index (χ1n) is 4.19. The molecule has 0 amide bonds. The maximum Gasteiger partial charge on any atom is 0.294 e. The molecule has 0 bridgehead atoms. The highest BCUT2D eigenvalue weighted by Gasteiger charge is 1.98. The molecule has 0 saturated carbocycles. The van der Waals surface area contributed by atoms with E-state index in [-0.39, 0.29) is 5.56 Å². The first-order chi connectivity index (χ1) is 6.24. The molecule has 1 aromatic rings. The maximum atomic E-state index is 11.2. The third-order valence-corrected chi connectivity index (χ3v) is 1.76. The number of nitrogens with one attached hydrogen (secondary N) is 2. The Kier molecular flexibility index (Phi) is 3.70. The third kappa shape index (κ3) is 3.02. The van der Waals surface area contributed by atoms with E-state index < -0.39 is 0 Å². The number of ether oxygens (including phenoxy) is 1. The van der Waals surface area contributed by atoms with Crippen molar-refractivity contribution in [2.45, 2.75) is 19.8 Å². The second-order valence-corrected chi connectivity index (χ2v) is 3.05. The van der Waals surface area contributed by atoms with Crippen molar-refractivity contribution in [1.29, 1.82) is 0 Å². The van der Waals surface area contributed by atoms with Crippen LogP contribution in [0.15, 0.2) is 11.0 Å². The van der Waals surface area contributed by atoms with Gasteiger partial charge in [0, 0.05) is 0 Å². The Bertz CT molecular complexity index is 369. The van der Waals surface area contributed by atoms with Gasteiger partial charge >= 0.3 is 0 Å². The Morgan fingerprint density at radius 1 is 1.62 bits per heavy atom. The van der Waals surface area contributed by atoms with Gasteiger partial charge in [-0.25, -0.2) is 0 Å². The van der Waals surface area contributed by atoms with Crippen LogP contribution in [0.25, 0.3) is 0 Å². The first kappa shape index (κ1) is 9.98. The Morgan fingerprint density at radius 2 is 2.38 bits per heavy atom. The van der Waals surface area contributed by atoms with Crippen molar-refractivity contribution in [3.63, 3.8) is 0 Å². The second kappa shape index (κ2) is 4.81. The van der Waals surface area contributed by atoms with Crippen LogP contribution < -0.4 is 10.3 Å². The minimum atomic E-state index is -0.278. The van der Waals surface area contributed by atoms with E-state index in [0.29, 0.717) is 17.1 Å². The van der Waals surface area contributed by atoms with Crippen molar-refractivity contribution in [1.82, 2.24) is 9.97 Å². The van der Waals surface area contributed by atoms with Crippen molar-refractivity contribution >= 4 is 12.2 Å². The Balaban J connectivity index is 2.67. The smallest absolute Gasteiger partial charge is 0.294 e. The van der Waals surface area contributed by atoms with Crippen LogP contribution in [-0.4, -0.2) is 16.6 Å². The first-order valence-corrected chi connectivity index (χ1v) is 4.59. The summed E-state index contributed by atoms with van der Waals surface area (Å²) < 4.78 is 5.52. The summed E-state index contributed by atoms with van der Waals surface area (Å²) in [7, 11) is 0. The van der Waals surface area contributed by atoms with Crippen LogP contribution in [0.1, 0.15) is 19.8 Å². The summed E-state index contributed by atoms with van der Waals surface area (Å²) in [5.74, 6) is 0.294. The van der Waals surface area contributed by atoms with Crippen LogP contribution in [0.3, 0.4) is 0 Å². The molecule has 1 rings (SSSR count). The molecule has 0 aliphatic carbocycles. The fourth-order valence-corrected chi connectivity index (χ4v) is 0.983. The van der Waals surface area contributed by atoms with E-state index in [1.807, 2.05) is 0 Å². The van der Waals surface area contributed by atoms with Crippen LogP contribution in [0.5, 0.6) is 5.75 Å². The van der Waals surface area contributed by atoms with Crippen LogP contribution in [0.4, 0.5) is 0 Å². The molecule has 0 fully saturated rings. The molecular weight excluding hydrogens is 188 g/mol. The quantitative estimate of drug-likeness (QED) is 0.573. The molecule has 0 radical (unpaired) electrons. The molecule has 13 heavy (non-hydrogen) atoms. The van der Waals surface area contributed by atoms with Gasteiger partial charge in [-0.15, -0.1) is 0 Å². The Hall–Kier alpha value is -1.10. The molecule has 0 aliphatic heterocycles. The topological polar surface area (TPSA) is 57.9 Å². The average Bonchev–Trinajstić information content (AvgIpc) is 2.09. The van der Waals surface area contributed by atoms with E-state index in [1.54, 1.807) is 0 Å². The molecule has 2 N–H and O–H groups in total. The maximum absolute atomic E-state index is 11.2. The molecular formula is C8H12N2O2S. The molecule has 0 aliphatic rings. The van der Waals surface area contributed by atoms with Crippen molar-refractivity contribution in [3.05, 3.63) is 21.3 Å². The number of aromatic nitrogens is 2. The van der Waals surface area contributed by atoms with Gasteiger partial charge in [-0.05, 0) is 18.6 Å². The van der Waals surface area contributed by atoms with Crippen LogP contribution in [0.2, 0.25) is 0 Å². The van der Waals surface area contributed by atoms with Crippen molar-refractivity contribution in [3.8, 4) is 5.75 Å². The number of unbranched alkanes of at least 4 members (excludes halogenated alkanes) is 1. The lowest BCUT2D eigenvalue weighted by molar-refractivity contribution is 0.303. The van der Waals surface area contributed by atoms with Gasteiger partial charge in [0.2, 0.25) is 5.75 Å². The van der Waals surface area contributed by atoms with E-state index in [1.165, 1.54) is 6.20 Å². The summed E-state index contributed by atoms with van der Waals surface area (Å²) in [6.45, 7) is 2.62. The fraction of sp³-hybridized carbons (Fsp3) is 0.500. The molecule has 4 nitrogen and oxygen atoms in total. The second-order valence-electron chi connectivity index (χ2n) is 2.64. The highest BCUT2D eigenvalue weighted by molar-refractivity contribution is 7.71. The largest absolute Gasteiger partial charge is 0.487 e. The SMILES string of the molecule is CCCCOc1c[nH]c(=S)[nH]c1=O. The number of aromatic amines is 2. The third-order valence-electron chi connectivity index (χ3n) is 1.54. The van der Waals surface area contributed by atoms with Gasteiger partial charge in [-0.3, -0.25) is 9.78 Å². The minimum Gasteiger partial charge on any atom is -0.487 e. The molecule has 1 heterocycles. The van der Waals surface area contributed by atoms with Gasteiger partial charge in [0.1, 0.15) is 0 Å². The minimum absolute atomic E-state index is 0.278. The van der Waals surface area contributed by atoms with E-state index in [4.69, 9.17) is 17.0 Å². The number of H-pyrrole nitrogens is 2. The number of rotatable bonds is 4. The van der Waals surface area contributed by atoms with E-state index in [9.17, 15) is 4.79 Å². The Labute approximate surface area is 81.0 Å². The predicted octanol–water partition coefficient (Wildman–Crippen LogP) is 1.61. The molecule has 1 aromatic heterocycles. The number of hydrogen-bond acceptors (Lipinski definition) is 3. The average molecular weight is 200 g/mol. The standard InChI is InChI=1S/C8H12N2O2S/c1-2-3-4-12-6-5-9-8(13)10-7(6)11/h5H,2-4H2,1H3,(H2,9,10,11,13). The lowest BCUT2D eigenvalue weighted by Gasteiger charge is -2.02. The zero-order valence-corrected chi connectivity index (χ0v) is 8.24. The van der Waals surface area contributed by atoms with E-state index in [2.05, 4.69) is 16.9 Å². The van der Waals surface area contributed by atoms with Gasteiger partial charge in [0.15, 0.2) is 4.77 Å². The molecule has 0 saturated heterocycles. The molecule has 0 spiro atoms. The molecule has 0 unspecified atom stereocenters. The van der Waals surface area contributed by atoms with E-state index >= 15 is 0 Å².